The van der Waals surface area contributed by atoms with Gasteiger partial charge in [-0.05, 0) is 36.6 Å². The van der Waals surface area contributed by atoms with Gasteiger partial charge in [-0.2, -0.15) is 5.26 Å². The number of ether oxygens (including phenoxy) is 1. The molecule has 1 aromatic carbocycles. The molecule has 2 N–H and O–H groups in total. The molecule has 0 saturated carbocycles. The summed E-state index contributed by atoms with van der Waals surface area (Å²) in [6.45, 7) is 4.02. The van der Waals surface area contributed by atoms with Crippen LogP contribution in [0.2, 0.25) is 0 Å². The first-order chi connectivity index (χ1) is 11.0. The average Bonchev–Trinajstić information content (AvgIpc) is 2.57. The van der Waals surface area contributed by atoms with Crippen molar-refractivity contribution in [1.82, 2.24) is 4.98 Å². The van der Waals surface area contributed by atoms with Gasteiger partial charge < -0.3 is 10.5 Å². The van der Waals surface area contributed by atoms with Crippen LogP contribution in [-0.4, -0.2) is 18.1 Å². The molecule has 0 bridgehead atoms. The van der Waals surface area contributed by atoms with Crippen molar-refractivity contribution in [3.05, 3.63) is 46.6 Å². The Morgan fingerprint density at radius 1 is 1.35 bits per heavy atom. The molecule has 0 saturated heterocycles. The first kappa shape index (κ1) is 16.5. The van der Waals surface area contributed by atoms with E-state index in [1.54, 1.807) is 24.3 Å². The molecule has 2 aromatic rings. The van der Waals surface area contributed by atoms with Crippen LogP contribution in [-0.2, 0) is 11.2 Å². The molecule has 5 nitrogen and oxygen atoms in total. The zero-order valence-electron chi connectivity index (χ0n) is 13.5. The van der Waals surface area contributed by atoms with E-state index in [1.165, 1.54) is 7.11 Å². The molecule has 2 rings (SSSR count). The smallest absolute Gasteiger partial charge is 0.337 e. The van der Waals surface area contributed by atoms with Crippen LogP contribution in [0.15, 0.2) is 24.3 Å². The van der Waals surface area contributed by atoms with Crippen molar-refractivity contribution < 1.29 is 9.53 Å². The summed E-state index contributed by atoms with van der Waals surface area (Å²) < 4.78 is 4.70. The minimum Gasteiger partial charge on any atom is -0.465 e. The number of rotatable bonds is 4. The topological polar surface area (TPSA) is 89.0 Å². The van der Waals surface area contributed by atoms with Gasteiger partial charge in [-0.3, -0.25) is 0 Å². The lowest BCUT2D eigenvalue weighted by Gasteiger charge is -2.14. The third kappa shape index (κ3) is 3.16. The number of esters is 1. The van der Waals surface area contributed by atoms with Gasteiger partial charge in [0.1, 0.15) is 17.5 Å². The van der Waals surface area contributed by atoms with Crippen LogP contribution in [0.3, 0.4) is 0 Å². The normalized spacial score (nSPS) is 10.2. The van der Waals surface area contributed by atoms with Crippen LogP contribution in [0.1, 0.15) is 40.5 Å². The Labute approximate surface area is 135 Å². The van der Waals surface area contributed by atoms with Crippen LogP contribution in [0, 0.1) is 18.3 Å². The summed E-state index contributed by atoms with van der Waals surface area (Å²) in [4.78, 5) is 15.9. The minimum atomic E-state index is -0.394. The molecule has 1 heterocycles. The van der Waals surface area contributed by atoms with Crippen molar-refractivity contribution >= 4 is 11.8 Å². The molecule has 0 aliphatic heterocycles. The number of benzene rings is 1. The number of carbonyl (C=O) groups is 1. The van der Waals surface area contributed by atoms with Gasteiger partial charge in [-0.1, -0.05) is 25.5 Å². The summed E-state index contributed by atoms with van der Waals surface area (Å²) in [6.07, 6.45) is 1.74. The van der Waals surface area contributed by atoms with Gasteiger partial charge in [0.15, 0.2) is 0 Å². The van der Waals surface area contributed by atoms with Crippen molar-refractivity contribution in [3.63, 3.8) is 0 Å². The maximum Gasteiger partial charge on any atom is 0.337 e. The molecular weight excluding hydrogens is 290 g/mol. The largest absolute Gasteiger partial charge is 0.465 e. The number of aryl methyl sites for hydroxylation is 1. The Bertz CT molecular complexity index is 774. The summed E-state index contributed by atoms with van der Waals surface area (Å²) in [5.41, 5.74) is 10.2. The molecule has 23 heavy (non-hydrogen) atoms. The fraction of sp³-hybridized carbons (Fsp3) is 0.278. The molecule has 5 heteroatoms. The highest BCUT2D eigenvalue weighted by molar-refractivity contribution is 5.90. The molecule has 0 aliphatic carbocycles. The zero-order valence-corrected chi connectivity index (χ0v) is 13.5. The predicted molar refractivity (Wildman–Crippen MR) is 88.9 cm³/mol. The van der Waals surface area contributed by atoms with E-state index in [-0.39, 0.29) is 5.82 Å². The zero-order chi connectivity index (χ0) is 17.0. The summed E-state index contributed by atoms with van der Waals surface area (Å²) in [5, 5.41) is 9.44. The predicted octanol–water partition coefficient (Wildman–Crippen LogP) is 3.25. The molecule has 118 valence electrons. The second kappa shape index (κ2) is 6.93. The van der Waals surface area contributed by atoms with Crippen LogP contribution in [0.5, 0.6) is 0 Å². The number of nitrogens with two attached hydrogens (primary N) is 1. The van der Waals surface area contributed by atoms with Crippen LogP contribution in [0.4, 0.5) is 5.82 Å². The Hall–Kier alpha value is -2.87. The van der Waals surface area contributed by atoms with E-state index in [0.29, 0.717) is 11.1 Å². The molecule has 0 radical (unpaired) electrons. The van der Waals surface area contributed by atoms with Gasteiger partial charge in [0.25, 0.3) is 0 Å². The second-order valence-corrected chi connectivity index (χ2v) is 5.25. The van der Waals surface area contributed by atoms with Crippen molar-refractivity contribution in [1.29, 1.82) is 5.26 Å². The lowest BCUT2D eigenvalue weighted by atomic mass is 9.93. The van der Waals surface area contributed by atoms with Gasteiger partial charge in [0.2, 0.25) is 0 Å². The van der Waals surface area contributed by atoms with Crippen LogP contribution >= 0.6 is 0 Å². The standard InChI is InChI=1S/C18H19N3O2/c1-4-5-15-11(2)16(14(10-19)17(20)21-15)12-6-8-13(9-7-12)18(22)23-3/h6-9H,4-5H2,1-3H3,(H2,20,21). The van der Waals surface area contributed by atoms with Gasteiger partial charge in [-0.15, -0.1) is 0 Å². The van der Waals surface area contributed by atoms with E-state index in [2.05, 4.69) is 18.0 Å². The number of carbonyl (C=O) groups excluding carboxylic acids is 1. The number of aromatic nitrogens is 1. The number of hydrogen-bond acceptors (Lipinski definition) is 5. The van der Waals surface area contributed by atoms with E-state index in [1.807, 2.05) is 6.92 Å². The number of hydrogen-bond donors (Lipinski definition) is 1. The maximum absolute atomic E-state index is 11.5. The summed E-state index contributed by atoms with van der Waals surface area (Å²) >= 11 is 0. The van der Waals surface area contributed by atoms with Crippen LogP contribution < -0.4 is 5.73 Å². The molecule has 0 amide bonds. The van der Waals surface area contributed by atoms with Gasteiger partial charge >= 0.3 is 5.97 Å². The van der Waals surface area contributed by atoms with Gasteiger partial charge in [0.05, 0.1) is 12.7 Å². The number of methoxy groups -OCH3 is 1. The summed E-state index contributed by atoms with van der Waals surface area (Å²) in [6, 6.07) is 9.09. The number of nitrogens with zero attached hydrogens (tertiary/aromatic N) is 2. The van der Waals surface area contributed by atoms with Crippen molar-refractivity contribution in [3.8, 4) is 17.2 Å². The third-order valence-electron chi connectivity index (χ3n) is 3.76. The minimum absolute atomic E-state index is 0.244. The number of nitriles is 1. The van der Waals surface area contributed by atoms with Crippen LogP contribution in [0.25, 0.3) is 11.1 Å². The average molecular weight is 309 g/mol. The van der Waals surface area contributed by atoms with Crippen molar-refractivity contribution in [2.45, 2.75) is 26.7 Å². The monoisotopic (exact) mass is 309 g/mol. The number of anilines is 1. The maximum atomic E-state index is 11.5. The van der Waals surface area contributed by atoms with E-state index in [0.717, 1.165) is 35.2 Å². The molecule has 0 unspecified atom stereocenters. The first-order valence-electron chi connectivity index (χ1n) is 7.41. The molecule has 1 aromatic heterocycles. The summed E-state index contributed by atoms with van der Waals surface area (Å²) in [5.74, 6) is -0.150. The third-order valence-corrected chi connectivity index (χ3v) is 3.76. The highest BCUT2D eigenvalue weighted by atomic mass is 16.5. The van der Waals surface area contributed by atoms with Gasteiger partial charge in [-0.25, -0.2) is 9.78 Å². The molecule has 0 fully saturated rings. The van der Waals surface area contributed by atoms with E-state index in [4.69, 9.17) is 10.5 Å². The quantitative estimate of drug-likeness (QED) is 0.876. The van der Waals surface area contributed by atoms with Gasteiger partial charge in [0, 0.05) is 11.3 Å². The Morgan fingerprint density at radius 3 is 2.52 bits per heavy atom. The molecular formula is C18H19N3O2. The molecule has 0 aliphatic rings. The Morgan fingerprint density at radius 2 is 2.00 bits per heavy atom. The fourth-order valence-corrected chi connectivity index (χ4v) is 2.59. The lowest BCUT2D eigenvalue weighted by molar-refractivity contribution is 0.0601. The lowest BCUT2D eigenvalue weighted by Crippen LogP contribution is -2.06. The highest BCUT2D eigenvalue weighted by Crippen LogP contribution is 2.32. The summed E-state index contributed by atoms with van der Waals surface area (Å²) in [7, 11) is 1.34. The number of nitrogen functional groups attached to an aromatic ring is 1. The van der Waals surface area contributed by atoms with E-state index in [9.17, 15) is 10.1 Å². The van der Waals surface area contributed by atoms with Crippen molar-refractivity contribution in [2.75, 3.05) is 12.8 Å². The Balaban J connectivity index is 2.62. The molecule has 0 atom stereocenters. The highest BCUT2D eigenvalue weighted by Gasteiger charge is 2.17. The Kier molecular flexibility index (Phi) is 4.97. The number of pyridine rings is 1. The second-order valence-electron chi connectivity index (χ2n) is 5.25. The SMILES string of the molecule is CCCc1nc(N)c(C#N)c(-c2ccc(C(=O)OC)cc2)c1C. The van der Waals surface area contributed by atoms with E-state index >= 15 is 0 Å². The fourth-order valence-electron chi connectivity index (χ4n) is 2.59. The molecule has 0 spiro atoms. The first-order valence-corrected chi connectivity index (χ1v) is 7.41. The van der Waals surface area contributed by atoms with E-state index < -0.39 is 5.97 Å². The van der Waals surface area contributed by atoms with Crippen molar-refractivity contribution in [2.24, 2.45) is 0 Å².